The molecule has 0 bridgehead atoms. The third-order valence-electron chi connectivity index (χ3n) is 4.00. The first kappa shape index (κ1) is 15.0. The summed E-state index contributed by atoms with van der Waals surface area (Å²) in [6.07, 6.45) is 4.97. The summed E-state index contributed by atoms with van der Waals surface area (Å²) in [7, 11) is 1.35. The molecular formula is C16H23NO3. The molecule has 2 N–H and O–H groups in total. The van der Waals surface area contributed by atoms with E-state index in [0.717, 1.165) is 5.56 Å². The Hall–Kier alpha value is -1.39. The summed E-state index contributed by atoms with van der Waals surface area (Å²) in [5, 5.41) is 0. The number of carbonyl (C=O) groups is 1. The van der Waals surface area contributed by atoms with Gasteiger partial charge in [-0.2, -0.15) is 0 Å². The highest BCUT2D eigenvalue weighted by atomic mass is 16.5. The van der Waals surface area contributed by atoms with Crippen molar-refractivity contribution in [2.45, 2.75) is 31.2 Å². The van der Waals surface area contributed by atoms with Crippen molar-refractivity contribution in [2.24, 2.45) is 11.7 Å². The van der Waals surface area contributed by atoms with E-state index in [2.05, 4.69) is 0 Å². The lowest BCUT2D eigenvalue weighted by Gasteiger charge is -2.27. The van der Waals surface area contributed by atoms with Crippen molar-refractivity contribution in [1.82, 2.24) is 0 Å². The first-order valence-corrected chi connectivity index (χ1v) is 7.17. The normalized spacial score (nSPS) is 18.7. The van der Waals surface area contributed by atoms with Crippen LogP contribution in [0.1, 0.15) is 31.2 Å². The van der Waals surface area contributed by atoms with Gasteiger partial charge in [-0.1, -0.05) is 43.2 Å². The fourth-order valence-corrected chi connectivity index (χ4v) is 2.74. The van der Waals surface area contributed by atoms with Crippen LogP contribution in [-0.2, 0) is 19.8 Å². The number of methoxy groups -OCH3 is 1. The van der Waals surface area contributed by atoms with E-state index in [9.17, 15) is 4.79 Å². The maximum Gasteiger partial charge on any atom is 0.332 e. The van der Waals surface area contributed by atoms with Gasteiger partial charge in [0.2, 0.25) is 0 Å². The van der Waals surface area contributed by atoms with Crippen LogP contribution in [0.3, 0.4) is 0 Å². The number of esters is 1. The Morgan fingerprint density at radius 3 is 2.55 bits per heavy atom. The van der Waals surface area contributed by atoms with Gasteiger partial charge >= 0.3 is 5.97 Å². The Kier molecular flexibility index (Phi) is 5.15. The molecule has 0 spiro atoms. The second kappa shape index (κ2) is 6.86. The van der Waals surface area contributed by atoms with E-state index in [1.807, 2.05) is 30.3 Å². The third kappa shape index (κ3) is 3.38. The van der Waals surface area contributed by atoms with Crippen molar-refractivity contribution in [1.29, 1.82) is 0 Å². The molecule has 0 aliphatic heterocycles. The standard InChI is InChI=1S/C16H23NO3/c1-19-15(18)16(17,14-9-3-2-4-10-14)12-20-11-13-7-5-6-8-13/h2-4,9-10,13H,5-8,11-12,17H2,1H3. The average molecular weight is 277 g/mol. The lowest BCUT2D eigenvalue weighted by molar-refractivity contribution is -0.150. The number of rotatable bonds is 6. The highest BCUT2D eigenvalue weighted by Gasteiger charge is 2.37. The molecule has 4 nitrogen and oxygen atoms in total. The predicted octanol–water partition coefficient (Wildman–Crippen LogP) is 2.22. The number of benzene rings is 1. The zero-order chi connectivity index (χ0) is 14.4. The lowest BCUT2D eigenvalue weighted by Crippen LogP contribution is -2.49. The number of hydrogen-bond donors (Lipinski definition) is 1. The summed E-state index contributed by atoms with van der Waals surface area (Å²) < 4.78 is 10.6. The van der Waals surface area contributed by atoms with Gasteiger partial charge in [-0.3, -0.25) is 0 Å². The molecule has 4 heteroatoms. The average Bonchev–Trinajstić information content (AvgIpc) is 3.00. The van der Waals surface area contributed by atoms with E-state index >= 15 is 0 Å². The Balaban J connectivity index is 2.01. The Bertz CT molecular complexity index is 429. The maximum absolute atomic E-state index is 12.0. The Morgan fingerprint density at radius 2 is 1.95 bits per heavy atom. The van der Waals surface area contributed by atoms with E-state index < -0.39 is 11.5 Å². The van der Waals surface area contributed by atoms with Crippen molar-refractivity contribution in [2.75, 3.05) is 20.3 Å². The van der Waals surface area contributed by atoms with E-state index in [-0.39, 0.29) is 6.61 Å². The highest BCUT2D eigenvalue weighted by molar-refractivity contribution is 5.82. The summed E-state index contributed by atoms with van der Waals surface area (Å²) in [5.41, 5.74) is 5.75. The van der Waals surface area contributed by atoms with Crippen LogP contribution in [0.25, 0.3) is 0 Å². The number of carbonyl (C=O) groups excluding carboxylic acids is 1. The van der Waals surface area contributed by atoms with Gasteiger partial charge in [-0.25, -0.2) is 4.79 Å². The van der Waals surface area contributed by atoms with Gasteiger partial charge in [0.05, 0.1) is 13.7 Å². The van der Waals surface area contributed by atoms with Crippen molar-refractivity contribution >= 4 is 5.97 Å². The SMILES string of the molecule is COC(=O)C(N)(COCC1CCCC1)c1ccccc1. The highest BCUT2D eigenvalue weighted by Crippen LogP contribution is 2.26. The molecule has 1 aliphatic rings. The Morgan fingerprint density at radius 1 is 1.30 bits per heavy atom. The van der Waals surface area contributed by atoms with E-state index in [0.29, 0.717) is 12.5 Å². The van der Waals surface area contributed by atoms with Crippen LogP contribution in [-0.4, -0.2) is 26.3 Å². The van der Waals surface area contributed by atoms with E-state index in [1.165, 1.54) is 32.8 Å². The molecule has 0 radical (unpaired) electrons. The van der Waals surface area contributed by atoms with Crippen LogP contribution >= 0.6 is 0 Å². The summed E-state index contributed by atoms with van der Waals surface area (Å²) in [6, 6.07) is 9.26. The van der Waals surface area contributed by atoms with Crippen LogP contribution in [0.2, 0.25) is 0 Å². The molecule has 1 fully saturated rings. The van der Waals surface area contributed by atoms with Gasteiger partial charge in [-0.15, -0.1) is 0 Å². The molecule has 1 aromatic carbocycles. The van der Waals surface area contributed by atoms with Gasteiger partial charge in [-0.05, 0) is 24.3 Å². The van der Waals surface area contributed by atoms with Crippen LogP contribution in [0, 0.1) is 5.92 Å². The third-order valence-corrected chi connectivity index (χ3v) is 4.00. The summed E-state index contributed by atoms with van der Waals surface area (Å²) >= 11 is 0. The van der Waals surface area contributed by atoms with Crippen molar-refractivity contribution in [3.8, 4) is 0 Å². The van der Waals surface area contributed by atoms with E-state index in [4.69, 9.17) is 15.2 Å². The quantitative estimate of drug-likeness (QED) is 0.810. The van der Waals surface area contributed by atoms with Crippen molar-refractivity contribution in [3.63, 3.8) is 0 Å². The minimum atomic E-state index is -1.23. The molecule has 1 atom stereocenters. The fourth-order valence-electron chi connectivity index (χ4n) is 2.74. The zero-order valence-corrected chi connectivity index (χ0v) is 12.0. The molecule has 20 heavy (non-hydrogen) atoms. The Labute approximate surface area is 120 Å². The predicted molar refractivity (Wildman–Crippen MR) is 77.1 cm³/mol. The van der Waals surface area contributed by atoms with E-state index in [1.54, 1.807) is 0 Å². The molecular weight excluding hydrogens is 254 g/mol. The van der Waals surface area contributed by atoms with Crippen LogP contribution in [0.4, 0.5) is 0 Å². The molecule has 1 saturated carbocycles. The van der Waals surface area contributed by atoms with Crippen LogP contribution in [0.5, 0.6) is 0 Å². The van der Waals surface area contributed by atoms with Crippen molar-refractivity contribution < 1.29 is 14.3 Å². The lowest BCUT2D eigenvalue weighted by atomic mass is 9.92. The molecule has 1 aromatic rings. The monoisotopic (exact) mass is 277 g/mol. The van der Waals surface area contributed by atoms with Crippen molar-refractivity contribution in [3.05, 3.63) is 35.9 Å². The first-order valence-electron chi connectivity index (χ1n) is 7.17. The number of nitrogens with two attached hydrogens (primary N) is 1. The smallest absolute Gasteiger partial charge is 0.332 e. The van der Waals surface area contributed by atoms with Gasteiger partial charge < -0.3 is 15.2 Å². The minimum Gasteiger partial charge on any atom is -0.467 e. The molecule has 110 valence electrons. The second-order valence-corrected chi connectivity index (χ2v) is 5.49. The molecule has 0 heterocycles. The van der Waals surface area contributed by atoms with Gasteiger partial charge in [0.1, 0.15) is 0 Å². The second-order valence-electron chi connectivity index (χ2n) is 5.49. The first-order chi connectivity index (χ1) is 9.66. The summed E-state index contributed by atoms with van der Waals surface area (Å²) in [4.78, 5) is 12.0. The van der Waals surface area contributed by atoms with Gasteiger partial charge in [0, 0.05) is 6.61 Å². The largest absolute Gasteiger partial charge is 0.467 e. The molecule has 0 aromatic heterocycles. The molecule has 1 unspecified atom stereocenters. The summed E-state index contributed by atoms with van der Waals surface area (Å²) in [6.45, 7) is 0.822. The van der Waals surface area contributed by atoms with Gasteiger partial charge in [0.25, 0.3) is 0 Å². The van der Waals surface area contributed by atoms with Crippen LogP contribution in [0.15, 0.2) is 30.3 Å². The minimum absolute atomic E-state index is 0.153. The van der Waals surface area contributed by atoms with Gasteiger partial charge in [0.15, 0.2) is 5.54 Å². The molecule has 0 amide bonds. The van der Waals surface area contributed by atoms with Crippen LogP contribution < -0.4 is 5.73 Å². The molecule has 2 rings (SSSR count). The number of ether oxygens (including phenoxy) is 2. The summed E-state index contributed by atoms with van der Waals surface area (Å²) in [5.74, 6) is 0.141. The topological polar surface area (TPSA) is 61.5 Å². The number of hydrogen-bond acceptors (Lipinski definition) is 4. The molecule has 0 saturated heterocycles. The fraction of sp³-hybridized carbons (Fsp3) is 0.562. The zero-order valence-electron chi connectivity index (χ0n) is 12.0. The molecule has 1 aliphatic carbocycles. The maximum atomic E-state index is 12.0.